The van der Waals surface area contributed by atoms with E-state index >= 15 is 0 Å². The second kappa shape index (κ2) is 7.41. The molecule has 0 saturated heterocycles. The van der Waals surface area contributed by atoms with Crippen LogP contribution in [0.5, 0.6) is 0 Å². The van der Waals surface area contributed by atoms with E-state index in [4.69, 9.17) is 5.73 Å². The zero-order valence-corrected chi connectivity index (χ0v) is 14.3. The molecule has 0 radical (unpaired) electrons. The van der Waals surface area contributed by atoms with Gasteiger partial charge in [-0.15, -0.1) is 0 Å². The summed E-state index contributed by atoms with van der Waals surface area (Å²) >= 11 is 0. The summed E-state index contributed by atoms with van der Waals surface area (Å²) in [4.78, 5) is 16.1. The van der Waals surface area contributed by atoms with Crippen molar-refractivity contribution >= 4 is 27.4 Å². The summed E-state index contributed by atoms with van der Waals surface area (Å²) in [6.07, 6.45) is 1.45. The second-order valence-electron chi connectivity index (χ2n) is 5.70. The number of aromatic nitrogens is 1. The van der Waals surface area contributed by atoms with Crippen LogP contribution in [0.4, 0.5) is 11.5 Å². The number of carbonyl (C=O) groups is 1. The Kier molecular flexibility index (Phi) is 5.53. The highest BCUT2D eigenvalue weighted by molar-refractivity contribution is 7.89. The van der Waals surface area contributed by atoms with E-state index < -0.39 is 10.0 Å². The average Bonchev–Trinajstić information content (AvgIpc) is 2.55. The van der Waals surface area contributed by atoms with E-state index in [9.17, 15) is 13.2 Å². The first-order valence-corrected chi connectivity index (χ1v) is 8.89. The number of pyridine rings is 1. The van der Waals surface area contributed by atoms with Crippen LogP contribution in [0.15, 0.2) is 47.5 Å². The minimum atomic E-state index is -3.57. The number of nitrogens with zero attached hydrogens (tertiary/aromatic N) is 1. The lowest BCUT2D eigenvalue weighted by Gasteiger charge is -2.09. The van der Waals surface area contributed by atoms with Gasteiger partial charge in [-0.2, -0.15) is 0 Å². The first-order chi connectivity index (χ1) is 11.3. The maximum Gasteiger partial charge on any atom is 0.255 e. The molecule has 0 fully saturated rings. The number of amides is 1. The third kappa shape index (κ3) is 4.77. The Morgan fingerprint density at radius 2 is 1.83 bits per heavy atom. The Labute approximate surface area is 141 Å². The molecule has 7 nitrogen and oxygen atoms in total. The highest BCUT2D eigenvalue weighted by Gasteiger charge is 2.15. The van der Waals surface area contributed by atoms with Gasteiger partial charge in [-0.1, -0.05) is 13.8 Å². The zero-order valence-electron chi connectivity index (χ0n) is 13.5. The number of hydrogen-bond donors (Lipinski definition) is 3. The largest absolute Gasteiger partial charge is 0.384 e. The van der Waals surface area contributed by atoms with Crippen molar-refractivity contribution in [2.24, 2.45) is 5.92 Å². The minimum Gasteiger partial charge on any atom is -0.384 e. The van der Waals surface area contributed by atoms with Crippen molar-refractivity contribution in [1.29, 1.82) is 0 Å². The second-order valence-corrected chi connectivity index (χ2v) is 7.46. The van der Waals surface area contributed by atoms with Gasteiger partial charge in [0.2, 0.25) is 10.0 Å². The van der Waals surface area contributed by atoms with Gasteiger partial charge in [0, 0.05) is 12.1 Å². The fraction of sp³-hybridized carbons (Fsp3) is 0.250. The molecule has 1 heterocycles. The number of nitrogens with one attached hydrogen (secondary N) is 2. The number of hydrogen-bond acceptors (Lipinski definition) is 5. The fourth-order valence-corrected chi connectivity index (χ4v) is 3.04. The molecule has 2 aromatic rings. The Morgan fingerprint density at radius 3 is 2.38 bits per heavy atom. The smallest absolute Gasteiger partial charge is 0.255 e. The van der Waals surface area contributed by atoms with E-state index in [0.717, 1.165) is 0 Å². The molecule has 0 bridgehead atoms. The molecule has 0 atom stereocenters. The number of nitrogen functional groups attached to an aromatic ring is 1. The van der Waals surface area contributed by atoms with Crippen molar-refractivity contribution in [1.82, 2.24) is 9.71 Å². The number of rotatable bonds is 6. The average molecular weight is 348 g/mol. The van der Waals surface area contributed by atoms with Gasteiger partial charge in [0.15, 0.2) is 0 Å². The number of anilines is 2. The van der Waals surface area contributed by atoms with Crippen LogP contribution < -0.4 is 15.8 Å². The Bertz CT molecular complexity index is 800. The quantitative estimate of drug-likeness (QED) is 0.737. The molecular weight excluding hydrogens is 328 g/mol. The number of carbonyl (C=O) groups excluding carboxylic acids is 1. The van der Waals surface area contributed by atoms with E-state index in [1.54, 1.807) is 12.1 Å². The van der Waals surface area contributed by atoms with Gasteiger partial charge in [0.25, 0.3) is 5.91 Å². The van der Waals surface area contributed by atoms with Gasteiger partial charge in [-0.05, 0) is 42.3 Å². The lowest BCUT2D eigenvalue weighted by atomic mass is 10.2. The molecule has 0 aliphatic carbocycles. The molecule has 2 rings (SSSR count). The molecule has 1 aromatic carbocycles. The maximum atomic E-state index is 12.1. The summed E-state index contributed by atoms with van der Waals surface area (Å²) in [6.45, 7) is 4.19. The van der Waals surface area contributed by atoms with E-state index in [1.165, 1.54) is 30.5 Å². The molecule has 0 aliphatic heterocycles. The van der Waals surface area contributed by atoms with Crippen molar-refractivity contribution in [2.75, 3.05) is 17.6 Å². The molecule has 128 valence electrons. The summed E-state index contributed by atoms with van der Waals surface area (Å²) < 4.78 is 26.7. The zero-order chi connectivity index (χ0) is 17.7. The van der Waals surface area contributed by atoms with Gasteiger partial charge in [-0.25, -0.2) is 18.1 Å². The van der Waals surface area contributed by atoms with E-state index in [-0.39, 0.29) is 16.7 Å². The molecule has 0 saturated carbocycles. The van der Waals surface area contributed by atoms with Gasteiger partial charge in [-0.3, -0.25) is 4.79 Å². The monoisotopic (exact) mass is 348 g/mol. The molecular formula is C16H20N4O3S. The first kappa shape index (κ1) is 17.9. The minimum absolute atomic E-state index is 0.119. The van der Waals surface area contributed by atoms with Crippen LogP contribution in [0.3, 0.4) is 0 Å². The highest BCUT2D eigenvalue weighted by atomic mass is 32.2. The van der Waals surface area contributed by atoms with Gasteiger partial charge in [0.05, 0.1) is 16.8 Å². The van der Waals surface area contributed by atoms with Gasteiger partial charge in [0.1, 0.15) is 5.82 Å². The summed E-state index contributed by atoms with van der Waals surface area (Å²) in [5, 5.41) is 2.66. The van der Waals surface area contributed by atoms with Crippen LogP contribution in [0.2, 0.25) is 0 Å². The Balaban J connectivity index is 2.08. The van der Waals surface area contributed by atoms with Crippen molar-refractivity contribution in [3.63, 3.8) is 0 Å². The Hall–Kier alpha value is -2.45. The Morgan fingerprint density at radius 1 is 1.17 bits per heavy atom. The summed E-state index contributed by atoms with van der Waals surface area (Å²) in [5.41, 5.74) is 6.33. The van der Waals surface area contributed by atoms with Crippen molar-refractivity contribution in [2.45, 2.75) is 18.7 Å². The standard InChI is InChI=1S/C16H20N4O3S/c1-11(2)9-19-24(22,23)14-6-3-12(4-7-14)16(21)20-13-5-8-15(17)18-10-13/h3-8,10-11,19H,9H2,1-2H3,(H2,17,18)(H,20,21). The molecule has 8 heteroatoms. The molecule has 24 heavy (non-hydrogen) atoms. The summed E-state index contributed by atoms with van der Waals surface area (Å²) in [5.74, 6) is 0.204. The molecule has 0 spiro atoms. The molecule has 1 amide bonds. The van der Waals surface area contributed by atoms with Crippen LogP contribution in [0.25, 0.3) is 0 Å². The normalized spacial score (nSPS) is 11.5. The van der Waals surface area contributed by atoms with Crippen molar-refractivity contribution in [3.8, 4) is 0 Å². The third-order valence-corrected chi connectivity index (χ3v) is 4.59. The fourth-order valence-electron chi connectivity index (χ4n) is 1.83. The summed E-state index contributed by atoms with van der Waals surface area (Å²) in [6, 6.07) is 8.94. The van der Waals surface area contributed by atoms with E-state index in [2.05, 4.69) is 15.0 Å². The SMILES string of the molecule is CC(C)CNS(=O)(=O)c1ccc(C(=O)Nc2ccc(N)nc2)cc1. The topological polar surface area (TPSA) is 114 Å². The molecule has 4 N–H and O–H groups in total. The van der Waals surface area contributed by atoms with Crippen LogP contribution >= 0.6 is 0 Å². The van der Waals surface area contributed by atoms with Gasteiger partial charge < -0.3 is 11.1 Å². The van der Waals surface area contributed by atoms with E-state index in [1.807, 2.05) is 13.8 Å². The molecule has 0 aliphatic rings. The maximum absolute atomic E-state index is 12.1. The predicted octanol–water partition coefficient (Wildman–Crippen LogP) is 1.85. The first-order valence-electron chi connectivity index (χ1n) is 7.40. The van der Waals surface area contributed by atoms with Crippen molar-refractivity contribution in [3.05, 3.63) is 48.2 Å². The number of sulfonamides is 1. The van der Waals surface area contributed by atoms with Gasteiger partial charge >= 0.3 is 0 Å². The summed E-state index contributed by atoms with van der Waals surface area (Å²) in [7, 11) is -3.57. The van der Waals surface area contributed by atoms with Crippen molar-refractivity contribution < 1.29 is 13.2 Å². The van der Waals surface area contributed by atoms with E-state index in [0.29, 0.717) is 23.6 Å². The number of benzene rings is 1. The van der Waals surface area contributed by atoms with Crippen LogP contribution in [0, 0.1) is 5.92 Å². The molecule has 0 unspecified atom stereocenters. The third-order valence-electron chi connectivity index (χ3n) is 3.15. The van der Waals surface area contributed by atoms with Crippen LogP contribution in [-0.2, 0) is 10.0 Å². The predicted molar refractivity (Wildman–Crippen MR) is 93.1 cm³/mol. The highest BCUT2D eigenvalue weighted by Crippen LogP contribution is 2.13. The number of nitrogens with two attached hydrogens (primary N) is 1. The van der Waals surface area contributed by atoms with Crippen LogP contribution in [0.1, 0.15) is 24.2 Å². The lowest BCUT2D eigenvalue weighted by molar-refractivity contribution is 0.102. The van der Waals surface area contributed by atoms with Crippen LogP contribution in [-0.4, -0.2) is 25.9 Å². The molecule has 1 aromatic heterocycles. The lowest BCUT2D eigenvalue weighted by Crippen LogP contribution is -2.27.